The Hall–Kier alpha value is -0.380. The van der Waals surface area contributed by atoms with Gasteiger partial charge in [0.1, 0.15) is 0 Å². The zero-order valence-corrected chi connectivity index (χ0v) is 17.3. The summed E-state index contributed by atoms with van der Waals surface area (Å²) in [5, 5.41) is 9.34. The lowest BCUT2D eigenvalue weighted by Gasteiger charge is -2.54. The van der Waals surface area contributed by atoms with E-state index in [1.54, 1.807) is 5.57 Å². The lowest BCUT2D eigenvalue weighted by Crippen LogP contribution is -2.45. The molecule has 2 fully saturated rings. The first kappa shape index (κ1) is 20.4. The molecule has 3 heteroatoms. The first-order chi connectivity index (χ1) is 12.5. The third-order valence-electron chi connectivity index (χ3n) is 7.88. The number of rotatable bonds is 7. The van der Waals surface area contributed by atoms with Gasteiger partial charge < -0.3 is 14.6 Å². The second kappa shape index (κ2) is 8.75. The smallest absolute Gasteiger partial charge is 0.157 e. The number of allylic oxidation sites excluding steroid dienone is 2. The van der Waals surface area contributed by atoms with Crippen molar-refractivity contribution in [3.63, 3.8) is 0 Å². The summed E-state index contributed by atoms with van der Waals surface area (Å²) in [4.78, 5) is 0. The molecule has 1 N–H and O–H groups in total. The van der Waals surface area contributed by atoms with Gasteiger partial charge in [-0.05, 0) is 80.5 Å². The number of ether oxygens (including phenoxy) is 2. The molecule has 1 saturated heterocycles. The van der Waals surface area contributed by atoms with Crippen LogP contribution >= 0.6 is 0 Å². The van der Waals surface area contributed by atoms with Crippen LogP contribution < -0.4 is 0 Å². The van der Waals surface area contributed by atoms with E-state index >= 15 is 0 Å². The number of aliphatic hydroxyl groups excluding tert-OH is 1. The van der Waals surface area contributed by atoms with Gasteiger partial charge in [0.2, 0.25) is 0 Å². The van der Waals surface area contributed by atoms with Gasteiger partial charge in [0.05, 0.1) is 6.61 Å². The lowest BCUT2D eigenvalue weighted by molar-refractivity contribution is -0.168. The van der Waals surface area contributed by atoms with Crippen LogP contribution in [0.2, 0.25) is 0 Å². The molecule has 0 aromatic carbocycles. The molecular weight excluding hydrogens is 324 g/mol. The van der Waals surface area contributed by atoms with Crippen molar-refractivity contribution in [2.75, 3.05) is 19.8 Å². The standard InChI is InChI=1S/C23H40O3/c1-18-10-11-19-20(8-6-12-22(19,2)13-7-15-24)23(18,3)14-17-26-21-9-4-5-16-25-21/h11,18,20-21,24H,4-10,12-17H2,1-3H3/t18-,20-,21?,22+,23-/m1/s1. The Kier molecular flexibility index (Phi) is 6.85. The Bertz CT molecular complexity index is 482. The maximum absolute atomic E-state index is 9.34. The second-order valence-electron chi connectivity index (χ2n) is 9.55. The molecule has 3 nitrogen and oxygen atoms in total. The van der Waals surface area contributed by atoms with Crippen molar-refractivity contribution in [1.29, 1.82) is 0 Å². The molecule has 26 heavy (non-hydrogen) atoms. The van der Waals surface area contributed by atoms with Crippen LogP contribution in [0.25, 0.3) is 0 Å². The summed E-state index contributed by atoms with van der Waals surface area (Å²) >= 11 is 0. The molecule has 5 atom stereocenters. The summed E-state index contributed by atoms with van der Waals surface area (Å²) in [6.45, 7) is 9.39. The third-order valence-corrected chi connectivity index (χ3v) is 7.88. The highest BCUT2D eigenvalue weighted by Crippen LogP contribution is 2.58. The number of fused-ring (bicyclic) bond motifs is 1. The van der Waals surface area contributed by atoms with Crippen LogP contribution in [0.3, 0.4) is 0 Å². The van der Waals surface area contributed by atoms with Crippen molar-refractivity contribution in [3.05, 3.63) is 11.6 Å². The molecule has 2 aliphatic carbocycles. The van der Waals surface area contributed by atoms with Crippen LogP contribution in [0.4, 0.5) is 0 Å². The average Bonchev–Trinajstić information content (AvgIpc) is 2.65. The van der Waals surface area contributed by atoms with E-state index in [0.717, 1.165) is 38.9 Å². The largest absolute Gasteiger partial charge is 0.396 e. The lowest BCUT2D eigenvalue weighted by atomic mass is 9.51. The molecule has 1 aliphatic heterocycles. The van der Waals surface area contributed by atoms with Crippen LogP contribution in [0.5, 0.6) is 0 Å². The Morgan fingerprint density at radius 1 is 1.19 bits per heavy atom. The minimum Gasteiger partial charge on any atom is -0.396 e. The SMILES string of the molecule is C[C@@H]1CC=C2[C@@H](CCC[C@@]2(C)CCCO)[C@]1(C)CCOC1CCCCO1. The molecule has 3 aliphatic rings. The third kappa shape index (κ3) is 4.20. The Morgan fingerprint density at radius 2 is 2.04 bits per heavy atom. The summed E-state index contributed by atoms with van der Waals surface area (Å²) in [5.41, 5.74) is 2.31. The summed E-state index contributed by atoms with van der Waals surface area (Å²) in [6, 6.07) is 0. The summed E-state index contributed by atoms with van der Waals surface area (Å²) < 4.78 is 11.9. The fourth-order valence-corrected chi connectivity index (χ4v) is 5.82. The van der Waals surface area contributed by atoms with E-state index in [4.69, 9.17) is 9.47 Å². The molecule has 3 rings (SSSR count). The van der Waals surface area contributed by atoms with Crippen molar-refractivity contribution in [2.45, 2.75) is 91.3 Å². The van der Waals surface area contributed by atoms with Gasteiger partial charge in [0, 0.05) is 13.2 Å². The topological polar surface area (TPSA) is 38.7 Å². The minimum atomic E-state index is 0.0300. The predicted octanol–water partition coefficient (Wildman–Crippen LogP) is 5.47. The van der Waals surface area contributed by atoms with E-state index in [9.17, 15) is 5.11 Å². The van der Waals surface area contributed by atoms with E-state index in [1.165, 1.54) is 38.5 Å². The van der Waals surface area contributed by atoms with Crippen molar-refractivity contribution < 1.29 is 14.6 Å². The monoisotopic (exact) mass is 364 g/mol. The van der Waals surface area contributed by atoms with Gasteiger partial charge in [0.15, 0.2) is 6.29 Å². The molecule has 1 saturated carbocycles. The zero-order valence-electron chi connectivity index (χ0n) is 17.3. The van der Waals surface area contributed by atoms with E-state index in [-0.39, 0.29) is 6.29 Å². The maximum Gasteiger partial charge on any atom is 0.157 e. The quantitative estimate of drug-likeness (QED) is 0.609. The Balaban J connectivity index is 1.67. The van der Waals surface area contributed by atoms with Gasteiger partial charge >= 0.3 is 0 Å². The summed E-state index contributed by atoms with van der Waals surface area (Å²) in [5.74, 6) is 1.38. The van der Waals surface area contributed by atoms with Gasteiger partial charge in [-0.2, -0.15) is 0 Å². The minimum absolute atomic E-state index is 0.0300. The molecule has 0 aromatic heterocycles. The predicted molar refractivity (Wildman–Crippen MR) is 106 cm³/mol. The molecule has 0 radical (unpaired) electrons. The molecule has 0 amide bonds. The zero-order chi connectivity index (χ0) is 18.6. The van der Waals surface area contributed by atoms with Gasteiger partial charge in [0.25, 0.3) is 0 Å². The van der Waals surface area contributed by atoms with Gasteiger partial charge in [-0.1, -0.05) is 38.8 Å². The molecule has 0 bridgehead atoms. The van der Waals surface area contributed by atoms with Crippen molar-refractivity contribution in [3.8, 4) is 0 Å². The van der Waals surface area contributed by atoms with Crippen LogP contribution in [-0.2, 0) is 9.47 Å². The van der Waals surface area contributed by atoms with E-state index in [2.05, 4.69) is 26.8 Å². The van der Waals surface area contributed by atoms with Crippen molar-refractivity contribution in [1.82, 2.24) is 0 Å². The molecule has 1 unspecified atom stereocenters. The van der Waals surface area contributed by atoms with Gasteiger partial charge in [-0.3, -0.25) is 0 Å². The van der Waals surface area contributed by atoms with Crippen LogP contribution in [-0.4, -0.2) is 31.2 Å². The Labute approximate surface area is 160 Å². The number of aliphatic hydroxyl groups is 1. The highest BCUT2D eigenvalue weighted by atomic mass is 16.7. The molecule has 1 heterocycles. The van der Waals surface area contributed by atoms with Gasteiger partial charge in [-0.25, -0.2) is 0 Å². The highest BCUT2D eigenvalue weighted by Gasteiger charge is 2.49. The van der Waals surface area contributed by atoms with Gasteiger partial charge in [-0.15, -0.1) is 0 Å². The highest BCUT2D eigenvalue weighted by molar-refractivity contribution is 5.25. The maximum atomic E-state index is 9.34. The summed E-state index contributed by atoms with van der Waals surface area (Å²) in [6.07, 6.45) is 14.4. The first-order valence-corrected chi connectivity index (χ1v) is 11.0. The van der Waals surface area contributed by atoms with Crippen LogP contribution in [0, 0.1) is 22.7 Å². The van der Waals surface area contributed by atoms with E-state index < -0.39 is 0 Å². The van der Waals surface area contributed by atoms with Crippen LogP contribution in [0.15, 0.2) is 11.6 Å². The summed E-state index contributed by atoms with van der Waals surface area (Å²) in [7, 11) is 0. The fourth-order valence-electron chi connectivity index (χ4n) is 5.82. The Morgan fingerprint density at radius 3 is 2.77 bits per heavy atom. The van der Waals surface area contributed by atoms with Crippen LogP contribution in [0.1, 0.15) is 85.0 Å². The molecule has 150 valence electrons. The molecule has 0 aromatic rings. The molecule has 0 spiro atoms. The van der Waals surface area contributed by atoms with Crippen molar-refractivity contribution >= 4 is 0 Å². The van der Waals surface area contributed by atoms with E-state index in [1.807, 2.05) is 0 Å². The first-order valence-electron chi connectivity index (χ1n) is 11.0. The average molecular weight is 365 g/mol. The number of hydrogen-bond donors (Lipinski definition) is 1. The molecular formula is C23H40O3. The fraction of sp³-hybridized carbons (Fsp3) is 0.913. The normalized spacial score (nSPS) is 40.8. The van der Waals surface area contributed by atoms with Crippen molar-refractivity contribution in [2.24, 2.45) is 22.7 Å². The second-order valence-corrected chi connectivity index (χ2v) is 9.55. The van der Waals surface area contributed by atoms with E-state index in [0.29, 0.717) is 29.3 Å². The number of hydrogen-bond acceptors (Lipinski definition) is 3.